The lowest BCUT2D eigenvalue weighted by atomic mass is 10.0. The third kappa shape index (κ3) is 70.2. The van der Waals surface area contributed by atoms with Crippen LogP contribution < -0.4 is 0 Å². The molecule has 0 rings (SSSR count). The maximum Gasteiger partial charge on any atom is 0.472 e. The van der Waals surface area contributed by atoms with Crippen molar-refractivity contribution in [3.63, 3.8) is 0 Å². The molecule has 17 nitrogen and oxygen atoms in total. The number of unbranched alkanes of at least 4 members (excludes halogenated alkanes) is 28. The van der Waals surface area contributed by atoms with Gasteiger partial charge in [0.15, 0.2) is 12.2 Å². The number of carbonyl (C=O) groups is 4. The van der Waals surface area contributed by atoms with E-state index >= 15 is 0 Å². The molecule has 5 unspecified atom stereocenters. The molecule has 3 N–H and O–H groups in total. The maximum atomic E-state index is 13.1. The lowest BCUT2D eigenvalue weighted by Crippen LogP contribution is -2.30. The molecule has 0 amide bonds. The van der Waals surface area contributed by atoms with E-state index in [-0.39, 0.29) is 25.7 Å². The van der Waals surface area contributed by atoms with Crippen LogP contribution in [-0.4, -0.2) is 96.7 Å². The second kappa shape index (κ2) is 71.1. The highest BCUT2D eigenvalue weighted by molar-refractivity contribution is 7.47. The van der Waals surface area contributed by atoms with Gasteiger partial charge in [0.1, 0.15) is 19.3 Å². The summed E-state index contributed by atoms with van der Waals surface area (Å²) in [6, 6.07) is 0. The number of hydrogen-bond acceptors (Lipinski definition) is 15. The normalized spacial score (nSPS) is 14.6. The van der Waals surface area contributed by atoms with E-state index < -0.39 is 97.5 Å². The zero-order valence-corrected chi connectivity index (χ0v) is 63.2. The SMILES string of the molecule is CC/C=C\C/C=C\C/C=C\C/C=C\C/C=C\CC(=O)OCC(COP(=O)(O)OCC(O)COP(=O)(O)OCC(COC(=O)CCCCCCCCC/C=C\C/C=C\C/C=C\CC)OC(=O)CCCCCCCCCCCCCCC)OC(=O)CCCCCCC/C=C\CCCCCC. The first-order valence-corrected chi connectivity index (χ1v) is 41.1. The van der Waals surface area contributed by atoms with Gasteiger partial charge in [0, 0.05) is 19.3 Å². The Labute approximate surface area is 594 Å². The Morgan fingerprint density at radius 3 is 0.929 bits per heavy atom. The van der Waals surface area contributed by atoms with Crippen LogP contribution in [0.5, 0.6) is 0 Å². The quantitative estimate of drug-likeness (QED) is 0.0169. The van der Waals surface area contributed by atoms with Gasteiger partial charge in [-0.3, -0.25) is 37.3 Å². The summed E-state index contributed by atoms with van der Waals surface area (Å²) >= 11 is 0. The van der Waals surface area contributed by atoms with Crippen molar-refractivity contribution in [2.75, 3.05) is 39.6 Å². The van der Waals surface area contributed by atoms with E-state index in [0.717, 1.165) is 154 Å². The van der Waals surface area contributed by atoms with Crippen LogP contribution >= 0.6 is 15.6 Å². The van der Waals surface area contributed by atoms with E-state index in [0.29, 0.717) is 25.7 Å². The van der Waals surface area contributed by atoms with Gasteiger partial charge in [0.05, 0.1) is 32.8 Å². The predicted octanol–water partition coefficient (Wildman–Crippen LogP) is 21.8. The predicted molar refractivity (Wildman–Crippen MR) is 399 cm³/mol. The fourth-order valence-corrected chi connectivity index (χ4v) is 11.6. The van der Waals surface area contributed by atoms with E-state index in [1.165, 1.54) is 77.0 Å². The van der Waals surface area contributed by atoms with E-state index in [1.54, 1.807) is 6.08 Å². The number of aliphatic hydroxyl groups excluding tert-OH is 1. The first-order valence-electron chi connectivity index (χ1n) is 38.1. The summed E-state index contributed by atoms with van der Waals surface area (Å²) in [5.74, 6) is -2.33. The van der Waals surface area contributed by atoms with Crippen LogP contribution in [0.15, 0.2) is 109 Å². The molecular formula is C79H136O17P2. The minimum Gasteiger partial charge on any atom is -0.462 e. The Hall–Kier alpha value is -4.28. The van der Waals surface area contributed by atoms with Gasteiger partial charge in [-0.2, -0.15) is 0 Å². The fourth-order valence-electron chi connectivity index (χ4n) is 10.0. The zero-order valence-electron chi connectivity index (χ0n) is 61.4. The third-order valence-corrected chi connectivity index (χ3v) is 17.7. The standard InChI is InChI=1S/C79H136O17P2/c1-5-9-13-17-21-25-29-33-35-36-38-42-44-48-52-56-60-64-77(82)90-70-75(96-79(84)66-62-58-54-50-46-40-32-28-24-20-16-12-8-4)72-94-98(87,88)92-68-73(80)67-91-97(85,86)93-71-74(95-78(83)65-61-57-53-49-45-39-31-27-23-19-15-11-7-3)69-89-76(81)63-59-55-51-47-43-41-37-34-30-26-22-18-14-10-6-2/h9-10,13-14,21-22,25-27,31,33-35,37,43,47,55,59,73-75,80H,5-8,11-12,15-20,23-24,28-30,32,36,38-42,44-46,48-54,56-58,60-72H2,1-4H3,(H,85,86)(H,87,88)/b13-9-,14-10-,25-21-,26-22-,31-27-,35-33-,37-34-,47-43-,59-55-. The van der Waals surface area contributed by atoms with Gasteiger partial charge in [-0.15, -0.1) is 0 Å². The molecule has 0 spiro atoms. The average molecular weight is 1420 g/mol. The number of rotatable bonds is 71. The molecule has 0 radical (unpaired) electrons. The molecule has 0 aromatic heterocycles. The molecule has 98 heavy (non-hydrogen) atoms. The largest absolute Gasteiger partial charge is 0.472 e. The summed E-state index contributed by atoms with van der Waals surface area (Å²) in [5, 5.41) is 10.6. The topological polar surface area (TPSA) is 237 Å². The first kappa shape index (κ1) is 93.7. The van der Waals surface area contributed by atoms with Gasteiger partial charge in [-0.25, -0.2) is 9.13 Å². The summed E-state index contributed by atoms with van der Waals surface area (Å²) in [5.41, 5.74) is 0. The molecule has 0 aromatic rings. The van der Waals surface area contributed by atoms with Gasteiger partial charge in [-0.05, 0) is 109 Å². The fraction of sp³-hybridized carbons (Fsp3) is 0.722. The van der Waals surface area contributed by atoms with Gasteiger partial charge in [0.2, 0.25) is 0 Å². The van der Waals surface area contributed by atoms with Crippen molar-refractivity contribution in [2.24, 2.45) is 0 Å². The Morgan fingerprint density at radius 2 is 0.571 bits per heavy atom. The first-order chi connectivity index (χ1) is 47.7. The number of allylic oxidation sites excluding steroid dienone is 17. The lowest BCUT2D eigenvalue weighted by Gasteiger charge is -2.21. The molecule has 0 bridgehead atoms. The van der Waals surface area contributed by atoms with Crippen molar-refractivity contribution in [1.82, 2.24) is 0 Å². The van der Waals surface area contributed by atoms with Crippen molar-refractivity contribution in [3.05, 3.63) is 109 Å². The molecule has 5 atom stereocenters. The van der Waals surface area contributed by atoms with Crippen molar-refractivity contribution < 1.29 is 80.2 Å². The average Bonchev–Trinajstić information content (AvgIpc) is 0.971. The van der Waals surface area contributed by atoms with Crippen molar-refractivity contribution in [3.8, 4) is 0 Å². The summed E-state index contributed by atoms with van der Waals surface area (Å²) in [6.45, 7) is 4.52. The Kier molecular flexibility index (Phi) is 68.0. The molecule has 0 heterocycles. The van der Waals surface area contributed by atoms with Gasteiger partial charge in [0.25, 0.3) is 0 Å². The highest BCUT2D eigenvalue weighted by Gasteiger charge is 2.30. The summed E-state index contributed by atoms with van der Waals surface area (Å²) in [4.78, 5) is 72.8. The Bertz CT molecular complexity index is 2290. The molecule has 0 aromatic carbocycles. The number of ether oxygens (including phenoxy) is 4. The van der Waals surface area contributed by atoms with Gasteiger partial charge < -0.3 is 33.8 Å². The number of phosphoric acid groups is 2. The molecule has 0 saturated heterocycles. The number of esters is 4. The Morgan fingerprint density at radius 1 is 0.306 bits per heavy atom. The van der Waals surface area contributed by atoms with E-state index in [4.69, 9.17) is 37.0 Å². The van der Waals surface area contributed by atoms with Crippen LogP contribution in [-0.2, 0) is 65.4 Å². The molecule has 564 valence electrons. The van der Waals surface area contributed by atoms with Crippen LogP contribution in [0.25, 0.3) is 0 Å². The number of carbonyl (C=O) groups excluding carboxylic acids is 4. The van der Waals surface area contributed by atoms with E-state index in [1.807, 2.05) is 18.2 Å². The van der Waals surface area contributed by atoms with Crippen LogP contribution in [0.1, 0.15) is 310 Å². The van der Waals surface area contributed by atoms with Gasteiger partial charge >= 0.3 is 39.5 Å². The van der Waals surface area contributed by atoms with Crippen LogP contribution in [0, 0.1) is 0 Å². The molecule has 0 aliphatic carbocycles. The van der Waals surface area contributed by atoms with Crippen LogP contribution in [0.3, 0.4) is 0 Å². The highest BCUT2D eigenvalue weighted by Crippen LogP contribution is 2.45. The molecule has 19 heteroatoms. The van der Waals surface area contributed by atoms with Crippen molar-refractivity contribution in [2.45, 2.75) is 329 Å². The third-order valence-electron chi connectivity index (χ3n) is 15.8. The smallest absolute Gasteiger partial charge is 0.462 e. The van der Waals surface area contributed by atoms with E-state index in [9.17, 15) is 43.2 Å². The van der Waals surface area contributed by atoms with Crippen molar-refractivity contribution >= 4 is 39.5 Å². The summed E-state index contributed by atoms with van der Waals surface area (Å²) in [7, 11) is -9.97. The van der Waals surface area contributed by atoms with Crippen molar-refractivity contribution in [1.29, 1.82) is 0 Å². The number of phosphoric ester groups is 2. The minimum atomic E-state index is -4.99. The van der Waals surface area contributed by atoms with Crippen LogP contribution in [0.4, 0.5) is 0 Å². The molecular weight excluding hydrogens is 1280 g/mol. The van der Waals surface area contributed by atoms with E-state index in [2.05, 4.69) is 113 Å². The summed E-state index contributed by atoms with van der Waals surface area (Å²) < 4.78 is 68.3. The zero-order chi connectivity index (χ0) is 71.8. The number of aliphatic hydroxyl groups is 1. The monoisotopic (exact) mass is 1420 g/mol. The summed E-state index contributed by atoms with van der Waals surface area (Å²) in [6.07, 6.45) is 75.4. The second-order valence-electron chi connectivity index (χ2n) is 25.2. The highest BCUT2D eigenvalue weighted by atomic mass is 31.2. The molecule has 0 aliphatic rings. The van der Waals surface area contributed by atoms with Crippen LogP contribution in [0.2, 0.25) is 0 Å². The maximum absolute atomic E-state index is 13.1. The van der Waals surface area contributed by atoms with Gasteiger partial charge in [-0.1, -0.05) is 285 Å². The molecule has 0 fully saturated rings. The number of hydrogen-bond donors (Lipinski definition) is 3. The second-order valence-corrected chi connectivity index (χ2v) is 28.1. The molecule has 0 aliphatic heterocycles. The minimum absolute atomic E-state index is 0.0651. The lowest BCUT2D eigenvalue weighted by molar-refractivity contribution is -0.161. The molecule has 0 saturated carbocycles. The Balaban J connectivity index is 5.39.